The Morgan fingerprint density at radius 3 is 2.87 bits per heavy atom. The summed E-state index contributed by atoms with van der Waals surface area (Å²) in [6.07, 6.45) is 7.77. The van der Waals surface area contributed by atoms with Gasteiger partial charge >= 0.3 is 5.97 Å². The third-order valence-electron chi connectivity index (χ3n) is 3.67. The van der Waals surface area contributed by atoms with Crippen molar-refractivity contribution in [2.75, 3.05) is 13.2 Å². The van der Waals surface area contributed by atoms with Crippen LogP contribution in [-0.4, -0.2) is 30.1 Å². The quantitative estimate of drug-likeness (QED) is 0.585. The normalized spacial score (nSPS) is 14.0. The van der Waals surface area contributed by atoms with Crippen LogP contribution in [0.25, 0.3) is 0 Å². The second kappa shape index (κ2) is 8.72. The third kappa shape index (κ3) is 5.71. The molecule has 0 heterocycles. The van der Waals surface area contributed by atoms with Crippen molar-refractivity contribution in [3.05, 3.63) is 39.9 Å². The molecule has 0 spiro atoms. The Balaban J connectivity index is 1.72. The number of esters is 1. The van der Waals surface area contributed by atoms with E-state index < -0.39 is 5.97 Å². The van der Waals surface area contributed by atoms with E-state index in [1.807, 2.05) is 0 Å². The molecule has 0 unspecified atom stereocenters. The summed E-state index contributed by atoms with van der Waals surface area (Å²) >= 11 is 3.21. The van der Waals surface area contributed by atoms with Gasteiger partial charge in [-0.25, -0.2) is 4.79 Å². The van der Waals surface area contributed by atoms with Crippen LogP contribution in [0.1, 0.15) is 42.5 Å². The van der Waals surface area contributed by atoms with Crippen molar-refractivity contribution < 1.29 is 19.4 Å². The summed E-state index contributed by atoms with van der Waals surface area (Å²) in [7, 11) is 0. The van der Waals surface area contributed by atoms with E-state index in [1.165, 1.54) is 30.5 Å². The number of carbonyl (C=O) groups is 2. The molecule has 1 aliphatic rings. The number of hydrogen-bond donors (Lipinski definition) is 2. The van der Waals surface area contributed by atoms with Crippen LogP contribution in [-0.2, 0) is 9.53 Å². The monoisotopic (exact) mass is 381 g/mol. The van der Waals surface area contributed by atoms with Crippen LogP contribution in [0.4, 0.5) is 0 Å². The van der Waals surface area contributed by atoms with Crippen LogP contribution in [0.15, 0.2) is 34.3 Å². The number of halogens is 1. The van der Waals surface area contributed by atoms with E-state index in [9.17, 15) is 14.7 Å². The number of allylic oxidation sites excluding steroid dienone is 1. The highest BCUT2D eigenvalue weighted by Crippen LogP contribution is 2.22. The fourth-order valence-electron chi connectivity index (χ4n) is 2.43. The lowest BCUT2D eigenvalue weighted by atomic mass is 9.97. The number of carbonyl (C=O) groups excluding carboxylic acids is 2. The summed E-state index contributed by atoms with van der Waals surface area (Å²) in [4.78, 5) is 23.5. The molecule has 0 radical (unpaired) electrons. The lowest BCUT2D eigenvalue weighted by Gasteiger charge is -2.13. The molecule has 0 aliphatic heterocycles. The van der Waals surface area contributed by atoms with Gasteiger partial charge in [-0.05, 0) is 50.3 Å². The summed E-state index contributed by atoms with van der Waals surface area (Å²) < 4.78 is 5.57. The average Bonchev–Trinajstić information content (AvgIpc) is 2.56. The zero-order valence-electron chi connectivity index (χ0n) is 12.8. The Labute approximate surface area is 143 Å². The van der Waals surface area contributed by atoms with Gasteiger partial charge in [0.2, 0.25) is 0 Å². The summed E-state index contributed by atoms with van der Waals surface area (Å²) in [6.45, 7) is 0.189. The molecule has 124 valence electrons. The van der Waals surface area contributed by atoms with Crippen LogP contribution < -0.4 is 5.32 Å². The maximum absolute atomic E-state index is 11.9. The molecule has 0 aromatic heterocycles. The zero-order valence-corrected chi connectivity index (χ0v) is 14.4. The minimum absolute atomic E-state index is 0.0273. The molecule has 0 saturated heterocycles. The van der Waals surface area contributed by atoms with Crippen molar-refractivity contribution in [2.45, 2.75) is 32.1 Å². The van der Waals surface area contributed by atoms with E-state index in [-0.39, 0.29) is 23.8 Å². The molecule has 0 saturated carbocycles. The van der Waals surface area contributed by atoms with Gasteiger partial charge in [-0.2, -0.15) is 0 Å². The summed E-state index contributed by atoms with van der Waals surface area (Å²) in [5.74, 6) is -1.25. The molecule has 23 heavy (non-hydrogen) atoms. The lowest BCUT2D eigenvalue weighted by molar-refractivity contribution is -0.124. The van der Waals surface area contributed by atoms with Gasteiger partial charge in [-0.15, -0.1) is 0 Å². The largest absolute Gasteiger partial charge is 0.507 e. The van der Waals surface area contributed by atoms with Crippen molar-refractivity contribution in [1.29, 1.82) is 0 Å². The highest BCUT2D eigenvalue weighted by atomic mass is 79.9. The van der Waals surface area contributed by atoms with Gasteiger partial charge in [0.25, 0.3) is 5.91 Å². The van der Waals surface area contributed by atoms with Crippen molar-refractivity contribution in [1.82, 2.24) is 5.32 Å². The SMILES string of the molecule is O=C(COC(=O)c1cc(Br)ccc1O)NCCC1=CCCCC1. The van der Waals surface area contributed by atoms with Crippen LogP contribution in [0.3, 0.4) is 0 Å². The first-order valence-corrected chi connectivity index (χ1v) is 8.46. The fourth-order valence-corrected chi connectivity index (χ4v) is 2.79. The second-order valence-electron chi connectivity index (χ2n) is 5.45. The molecule has 2 rings (SSSR count). The predicted molar refractivity (Wildman–Crippen MR) is 90.3 cm³/mol. The van der Waals surface area contributed by atoms with E-state index in [1.54, 1.807) is 6.07 Å². The molecule has 1 amide bonds. The smallest absolute Gasteiger partial charge is 0.342 e. The standard InChI is InChI=1S/C17H20BrNO4/c18-13-6-7-15(20)14(10-13)17(22)23-11-16(21)19-9-8-12-4-2-1-3-5-12/h4,6-7,10,20H,1-3,5,8-9,11H2,(H,19,21). The number of aromatic hydroxyl groups is 1. The fraction of sp³-hybridized carbons (Fsp3) is 0.412. The summed E-state index contributed by atoms with van der Waals surface area (Å²) in [5.41, 5.74) is 1.41. The molecule has 0 atom stereocenters. The molecular weight excluding hydrogens is 362 g/mol. The molecule has 5 nitrogen and oxygen atoms in total. The van der Waals surface area contributed by atoms with Crippen molar-refractivity contribution in [3.8, 4) is 5.75 Å². The predicted octanol–water partition coefficient (Wildman–Crippen LogP) is 3.32. The number of rotatable bonds is 6. The maximum Gasteiger partial charge on any atom is 0.342 e. The summed E-state index contributed by atoms with van der Waals surface area (Å²) in [5, 5.41) is 12.4. The van der Waals surface area contributed by atoms with Crippen LogP contribution in [0, 0.1) is 0 Å². The van der Waals surface area contributed by atoms with Crippen LogP contribution in [0.5, 0.6) is 5.75 Å². The molecule has 1 aliphatic carbocycles. The topological polar surface area (TPSA) is 75.6 Å². The Morgan fingerprint density at radius 1 is 1.30 bits per heavy atom. The minimum atomic E-state index is -0.728. The van der Waals surface area contributed by atoms with Gasteiger partial charge in [-0.1, -0.05) is 27.6 Å². The molecule has 6 heteroatoms. The van der Waals surface area contributed by atoms with Gasteiger partial charge in [0.1, 0.15) is 11.3 Å². The number of ether oxygens (including phenoxy) is 1. The molecule has 1 aromatic rings. The number of hydrogen-bond acceptors (Lipinski definition) is 4. The first kappa shape index (κ1) is 17.5. The average molecular weight is 382 g/mol. The number of amides is 1. The minimum Gasteiger partial charge on any atom is -0.507 e. The third-order valence-corrected chi connectivity index (χ3v) is 4.16. The number of phenols is 1. The number of nitrogens with one attached hydrogen (secondary N) is 1. The van der Waals surface area contributed by atoms with Crippen molar-refractivity contribution in [3.63, 3.8) is 0 Å². The molecule has 2 N–H and O–H groups in total. The zero-order chi connectivity index (χ0) is 16.7. The number of benzene rings is 1. The van der Waals surface area contributed by atoms with E-state index in [0.717, 1.165) is 19.3 Å². The second-order valence-corrected chi connectivity index (χ2v) is 6.36. The van der Waals surface area contributed by atoms with Gasteiger partial charge in [0, 0.05) is 11.0 Å². The van der Waals surface area contributed by atoms with Gasteiger partial charge in [0.15, 0.2) is 6.61 Å². The molecular formula is C17H20BrNO4. The van der Waals surface area contributed by atoms with E-state index in [2.05, 4.69) is 27.3 Å². The first-order valence-electron chi connectivity index (χ1n) is 7.66. The van der Waals surface area contributed by atoms with Gasteiger partial charge in [0.05, 0.1) is 0 Å². The first-order chi connectivity index (χ1) is 11.1. The van der Waals surface area contributed by atoms with Crippen LogP contribution in [0.2, 0.25) is 0 Å². The molecule has 0 bridgehead atoms. The summed E-state index contributed by atoms with van der Waals surface area (Å²) in [6, 6.07) is 4.45. The van der Waals surface area contributed by atoms with E-state index >= 15 is 0 Å². The lowest BCUT2D eigenvalue weighted by Crippen LogP contribution is -2.29. The van der Waals surface area contributed by atoms with Gasteiger partial charge < -0.3 is 15.2 Å². The Bertz CT molecular complexity index is 613. The van der Waals surface area contributed by atoms with E-state index in [4.69, 9.17) is 4.74 Å². The Kier molecular flexibility index (Phi) is 6.65. The molecule has 1 aromatic carbocycles. The highest BCUT2D eigenvalue weighted by Gasteiger charge is 2.15. The van der Waals surface area contributed by atoms with Crippen molar-refractivity contribution in [2.24, 2.45) is 0 Å². The molecule has 0 fully saturated rings. The number of phenolic OH excluding ortho intramolecular Hbond substituents is 1. The van der Waals surface area contributed by atoms with Crippen molar-refractivity contribution >= 4 is 27.8 Å². The van der Waals surface area contributed by atoms with E-state index in [0.29, 0.717) is 11.0 Å². The maximum atomic E-state index is 11.9. The Morgan fingerprint density at radius 2 is 2.13 bits per heavy atom. The van der Waals surface area contributed by atoms with Gasteiger partial charge in [-0.3, -0.25) is 4.79 Å². The Hall–Kier alpha value is -1.82. The highest BCUT2D eigenvalue weighted by molar-refractivity contribution is 9.10. The van der Waals surface area contributed by atoms with Crippen LogP contribution >= 0.6 is 15.9 Å².